The summed E-state index contributed by atoms with van der Waals surface area (Å²) in [6, 6.07) is 3.68. The Kier molecular flexibility index (Phi) is 3.93. The summed E-state index contributed by atoms with van der Waals surface area (Å²) in [5.74, 6) is 0.203. The van der Waals surface area contributed by atoms with Gasteiger partial charge in [0.05, 0.1) is 5.56 Å². The van der Waals surface area contributed by atoms with Gasteiger partial charge in [0, 0.05) is 13.5 Å². The maximum atomic E-state index is 12.9. The van der Waals surface area contributed by atoms with E-state index in [0.29, 0.717) is 11.5 Å². The minimum absolute atomic E-state index is 0.0212. The summed E-state index contributed by atoms with van der Waals surface area (Å²) in [7, 11) is 0. The van der Waals surface area contributed by atoms with E-state index in [4.69, 9.17) is 15.0 Å². The third-order valence-electron chi connectivity index (χ3n) is 2.51. The lowest BCUT2D eigenvalue weighted by molar-refractivity contribution is -0.139. The summed E-state index contributed by atoms with van der Waals surface area (Å²) in [6.45, 7) is 1.39. The van der Waals surface area contributed by atoms with Gasteiger partial charge in [0.15, 0.2) is 6.61 Å². The number of aryl methyl sites for hydroxylation is 1. The zero-order valence-corrected chi connectivity index (χ0v) is 10.6. The third kappa shape index (κ3) is 3.27. The Bertz CT molecular complexity index is 596. The van der Waals surface area contributed by atoms with Gasteiger partial charge in [0.1, 0.15) is 5.75 Å². The van der Waals surface area contributed by atoms with Crippen LogP contribution < -0.4 is 10.5 Å². The molecule has 0 radical (unpaired) electrons. The molecule has 0 amide bonds. The van der Waals surface area contributed by atoms with E-state index in [1.165, 1.54) is 12.1 Å². The molecule has 20 heavy (non-hydrogen) atoms. The summed E-state index contributed by atoms with van der Waals surface area (Å²) in [5, 5.41) is 3.54. The fraction of sp³-hybridized carbons (Fsp3) is 0.333. The molecular weight excluding hydrogens is 275 g/mol. The van der Waals surface area contributed by atoms with E-state index in [1.54, 1.807) is 6.92 Å². The smallest absolute Gasteiger partial charge is 0.419 e. The SMILES string of the molecule is Cc1nc(COc2ccc(CN)cc2C(F)(F)F)no1. The molecule has 0 aliphatic rings. The molecule has 0 saturated heterocycles. The largest absolute Gasteiger partial charge is 0.485 e. The third-order valence-corrected chi connectivity index (χ3v) is 2.51. The highest BCUT2D eigenvalue weighted by molar-refractivity contribution is 5.39. The van der Waals surface area contributed by atoms with Crippen LogP contribution in [0.3, 0.4) is 0 Å². The topological polar surface area (TPSA) is 74.2 Å². The monoisotopic (exact) mass is 287 g/mol. The molecule has 1 aromatic carbocycles. The van der Waals surface area contributed by atoms with Gasteiger partial charge >= 0.3 is 6.18 Å². The first kappa shape index (κ1) is 14.3. The summed E-state index contributed by atoms with van der Waals surface area (Å²) in [5.41, 5.74) is 4.84. The number of hydrogen-bond donors (Lipinski definition) is 1. The second-order valence-electron chi connectivity index (χ2n) is 4.05. The first-order valence-corrected chi connectivity index (χ1v) is 5.72. The molecule has 0 bridgehead atoms. The quantitative estimate of drug-likeness (QED) is 0.934. The molecule has 2 N–H and O–H groups in total. The van der Waals surface area contributed by atoms with E-state index < -0.39 is 11.7 Å². The number of nitrogens with two attached hydrogens (primary N) is 1. The molecule has 5 nitrogen and oxygen atoms in total. The van der Waals surface area contributed by atoms with Crippen LogP contribution in [0.4, 0.5) is 13.2 Å². The van der Waals surface area contributed by atoms with E-state index in [1.807, 2.05) is 0 Å². The van der Waals surface area contributed by atoms with Crippen molar-refractivity contribution in [1.29, 1.82) is 0 Å². The van der Waals surface area contributed by atoms with Gasteiger partial charge in [-0.15, -0.1) is 0 Å². The molecule has 0 fully saturated rings. The fourth-order valence-electron chi connectivity index (χ4n) is 1.59. The number of nitrogens with zero attached hydrogens (tertiary/aromatic N) is 2. The zero-order chi connectivity index (χ0) is 14.8. The van der Waals surface area contributed by atoms with Crippen molar-refractivity contribution in [1.82, 2.24) is 10.1 Å². The Labute approximate surface area is 112 Å². The number of alkyl halides is 3. The predicted octanol–water partition coefficient (Wildman–Crippen LogP) is 2.43. The average Bonchev–Trinajstić information content (AvgIpc) is 2.81. The molecule has 0 unspecified atom stereocenters. The van der Waals surface area contributed by atoms with E-state index in [9.17, 15) is 13.2 Å². The second kappa shape index (κ2) is 5.49. The van der Waals surface area contributed by atoms with Gasteiger partial charge in [0.2, 0.25) is 11.7 Å². The van der Waals surface area contributed by atoms with Gasteiger partial charge in [-0.3, -0.25) is 0 Å². The van der Waals surface area contributed by atoms with Crippen molar-refractivity contribution in [3.05, 3.63) is 41.0 Å². The van der Waals surface area contributed by atoms with E-state index in [0.717, 1.165) is 6.07 Å². The standard InChI is InChI=1S/C12H12F3N3O2/c1-7-17-11(18-20-7)6-19-10-3-2-8(5-16)4-9(10)12(13,14)15/h2-4H,5-6,16H2,1H3. The van der Waals surface area contributed by atoms with Crippen molar-refractivity contribution in [2.24, 2.45) is 5.73 Å². The normalized spacial score (nSPS) is 11.7. The van der Waals surface area contributed by atoms with Crippen LogP contribution in [0, 0.1) is 6.92 Å². The Morgan fingerprint density at radius 3 is 2.65 bits per heavy atom. The Morgan fingerprint density at radius 1 is 1.35 bits per heavy atom. The lowest BCUT2D eigenvalue weighted by Crippen LogP contribution is -2.11. The minimum Gasteiger partial charge on any atom is -0.485 e. The van der Waals surface area contributed by atoms with Crippen molar-refractivity contribution in [2.45, 2.75) is 26.3 Å². The molecular formula is C12H12F3N3O2. The molecule has 2 rings (SSSR count). The average molecular weight is 287 g/mol. The van der Waals surface area contributed by atoms with Crippen LogP contribution in [0.1, 0.15) is 22.8 Å². The van der Waals surface area contributed by atoms with Crippen LogP contribution in [0.5, 0.6) is 5.75 Å². The molecule has 0 aliphatic heterocycles. The highest BCUT2D eigenvalue weighted by atomic mass is 19.4. The van der Waals surface area contributed by atoms with Crippen LogP contribution in [0.2, 0.25) is 0 Å². The van der Waals surface area contributed by atoms with Gasteiger partial charge in [-0.25, -0.2) is 0 Å². The second-order valence-corrected chi connectivity index (χ2v) is 4.05. The molecule has 2 aromatic rings. The molecule has 0 saturated carbocycles. The Hall–Kier alpha value is -2.09. The number of ether oxygens (including phenoxy) is 1. The van der Waals surface area contributed by atoms with Gasteiger partial charge in [-0.1, -0.05) is 11.2 Å². The molecule has 8 heteroatoms. The highest BCUT2D eigenvalue weighted by Crippen LogP contribution is 2.37. The van der Waals surface area contributed by atoms with Gasteiger partial charge < -0.3 is 15.0 Å². The maximum Gasteiger partial charge on any atom is 0.419 e. The van der Waals surface area contributed by atoms with Crippen LogP contribution in [0.15, 0.2) is 22.7 Å². The van der Waals surface area contributed by atoms with Crippen LogP contribution in [0.25, 0.3) is 0 Å². The van der Waals surface area contributed by atoms with Crippen LogP contribution >= 0.6 is 0 Å². The molecule has 108 valence electrons. The van der Waals surface area contributed by atoms with Crippen LogP contribution in [-0.4, -0.2) is 10.1 Å². The van der Waals surface area contributed by atoms with Crippen molar-refractivity contribution in [2.75, 3.05) is 0 Å². The maximum absolute atomic E-state index is 12.9. The Morgan fingerprint density at radius 2 is 2.10 bits per heavy atom. The summed E-state index contributed by atoms with van der Waals surface area (Å²) in [4.78, 5) is 3.85. The van der Waals surface area contributed by atoms with Crippen molar-refractivity contribution in [3.63, 3.8) is 0 Å². The first-order valence-electron chi connectivity index (χ1n) is 5.72. The van der Waals surface area contributed by atoms with Crippen LogP contribution in [-0.2, 0) is 19.3 Å². The van der Waals surface area contributed by atoms with Crippen molar-refractivity contribution < 1.29 is 22.4 Å². The number of benzene rings is 1. The summed E-state index contributed by atoms with van der Waals surface area (Å²) >= 11 is 0. The number of hydrogen-bond acceptors (Lipinski definition) is 5. The molecule has 0 atom stereocenters. The molecule has 0 aliphatic carbocycles. The fourth-order valence-corrected chi connectivity index (χ4v) is 1.59. The number of aromatic nitrogens is 2. The highest BCUT2D eigenvalue weighted by Gasteiger charge is 2.34. The summed E-state index contributed by atoms with van der Waals surface area (Å²) < 4.78 is 48.6. The molecule has 1 heterocycles. The van der Waals surface area contributed by atoms with E-state index in [2.05, 4.69) is 10.1 Å². The van der Waals surface area contributed by atoms with Crippen molar-refractivity contribution in [3.8, 4) is 5.75 Å². The lowest BCUT2D eigenvalue weighted by atomic mass is 10.1. The molecule has 1 aromatic heterocycles. The van der Waals surface area contributed by atoms with Gasteiger partial charge in [-0.05, 0) is 17.7 Å². The van der Waals surface area contributed by atoms with Gasteiger partial charge in [-0.2, -0.15) is 18.2 Å². The van der Waals surface area contributed by atoms with Crippen molar-refractivity contribution >= 4 is 0 Å². The Balaban J connectivity index is 2.22. The minimum atomic E-state index is -4.52. The lowest BCUT2D eigenvalue weighted by Gasteiger charge is -2.14. The molecule has 0 spiro atoms. The zero-order valence-electron chi connectivity index (χ0n) is 10.6. The first-order chi connectivity index (χ1) is 9.40. The predicted molar refractivity (Wildman–Crippen MR) is 62.7 cm³/mol. The number of halogens is 3. The summed E-state index contributed by atoms with van der Waals surface area (Å²) in [6.07, 6.45) is -4.52. The number of rotatable bonds is 4. The van der Waals surface area contributed by atoms with E-state index in [-0.39, 0.29) is 24.7 Å². The van der Waals surface area contributed by atoms with Gasteiger partial charge in [0.25, 0.3) is 0 Å². The van der Waals surface area contributed by atoms with E-state index >= 15 is 0 Å².